The highest BCUT2D eigenvalue weighted by atomic mass is 32.1. The van der Waals surface area contributed by atoms with E-state index in [9.17, 15) is 9.59 Å². The largest absolute Gasteiger partial charge is 0.480 e. The van der Waals surface area contributed by atoms with Crippen LogP contribution in [0.5, 0.6) is 0 Å². The summed E-state index contributed by atoms with van der Waals surface area (Å²) in [4.78, 5) is 24.2. The zero-order valence-corrected chi connectivity index (χ0v) is 11.0. The molecule has 2 amide bonds. The van der Waals surface area contributed by atoms with E-state index in [-0.39, 0.29) is 0 Å². The Morgan fingerprint density at radius 1 is 1.44 bits per heavy atom. The second-order valence-electron chi connectivity index (χ2n) is 3.85. The molecule has 0 saturated carbocycles. The molecule has 1 aromatic heterocycles. The molecule has 7 heteroatoms. The lowest BCUT2D eigenvalue weighted by molar-refractivity contribution is -0.140. The minimum Gasteiger partial charge on any atom is -0.480 e. The van der Waals surface area contributed by atoms with Gasteiger partial charge >= 0.3 is 12.0 Å². The van der Waals surface area contributed by atoms with Crippen molar-refractivity contribution in [2.75, 3.05) is 6.61 Å². The average Bonchev–Trinajstić information content (AvgIpc) is 2.63. The van der Waals surface area contributed by atoms with Crippen molar-refractivity contribution < 1.29 is 19.8 Å². The van der Waals surface area contributed by atoms with Gasteiger partial charge in [0.1, 0.15) is 0 Å². The third kappa shape index (κ3) is 4.01. The van der Waals surface area contributed by atoms with Gasteiger partial charge in [0.15, 0.2) is 6.04 Å². The number of carbonyl (C=O) groups excluding carboxylic acids is 1. The Kier molecular flexibility index (Phi) is 5.11. The van der Waals surface area contributed by atoms with Crippen LogP contribution in [0.25, 0.3) is 0 Å². The first-order chi connectivity index (χ1) is 8.43. The second kappa shape index (κ2) is 6.36. The second-order valence-corrected chi connectivity index (χ2v) is 5.19. The van der Waals surface area contributed by atoms with E-state index in [1.165, 1.54) is 4.88 Å². The number of rotatable bonds is 5. The predicted octanol–water partition coefficient (Wildman–Crippen LogP) is 0.610. The van der Waals surface area contributed by atoms with Crippen LogP contribution in [0.15, 0.2) is 6.07 Å². The third-order valence-electron chi connectivity index (χ3n) is 2.43. The highest BCUT2D eigenvalue weighted by Gasteiger charge is 2.18. The van der Waals surface area contributed by atoms with E-state index in [4.69, 9.17) is 10.2 Å². The third-order valence-corrected chi connectivity index (χ3v) is 3.58. The maximum Gasteiger partial charge on any atom is 0.328 e. The van der Waals surface area contributed by atoms with E-state index in [0.717, 1.165) is 10.4 Å². The number of aliphatic hydroxyl groups is 1. The molecule has 0 saturated heterocycles. The van der Waals surface area contributed by atoms with Gasteiger partial charge in [-0.1, -0.05) is 0 Å². The van der Waals surface area contributed by atoms with E-state index in [1.807, 2.05) is 19.9 Å². The van der Waals surface area contributed by atoms with Crippen LogP contribution in [0.3, 0.4) is 0 Å². The lowest BCUT2D eigenvalue weighted by Crippen LogP contribution is -2.47. The molecule has 1 heterocycles. The number of amides is 2. The molecule has 0 aromatic carbocycles. The summed E-state index contributed by atoms with van der Waals surface area (Å²) in [7, 11) is 0. The van der Waals surface area contributed by atoms with Crippen LogP contribution in [0.2, 0.25) is 0 Å². The van der Waals surface area contributed by atoms with Gasteiger partial charge in [-0.05, 0) is 25.5 Å². The van der Waals surface area contributed by atoms with Crippen molar-refractivity contribution in [3.63, 3.8) is 0 Å². The van der Waals surface area contributed by atoms with E-state index < -0.39 is 24.6 Å². The van der Waals surface area contributed by atoms with Crippen molar-refractivity contribution in [1.82, 2.24) is 10.6 Å². The highest BCUT2D eigenvalue weighted by Crippen LogP contribution is 2.20. The molecule has 1 aromatic rings. The summed E-state index contributed by atoms with van der Waals surface area (Å²) >= 11 is 1.58. The highest BCUT2D eigenvalue weighted by molar-refractivity contribution is 7.12. The molecule has 1 unspecified atom stereocenters. The van der Waals surface area contributed by atoms with Gasteiger partial charge in [0, 0.05) is 9.75 Å². The molecule has 18 heavy (non-hydrogen) atoms. The standard InChI is InChI=1S/C11H16N2O4S/c1-6-3-8(18-7(6)2)4-12-11(17)13-9(5-14)10(15)16/h3,9,14H,4-5H2,1-2H3,(H,15,16)(H2,12,13,17). The van der Waals surface area contributed by atoms with Gasteiger partial charge in [-0.2, -0.15) is 0 Å². The van der Waals surface area contributed by atoms with Gasteiger partial charge in [-0.3, -0.25) is 0 Å². The Bertz CT molecular complexity index is 425. The van der Waals surface area contributed by atoms with Crippen LogP contribution in [0, 0.1) is 13.8 Å². The Labute approximate surface area is 109 Å². The fourth-order valence-corrected chi connectivity index (χ4v) is 2.29. The first-order valence-corrected chi connectivity index (χ1v) is 6.19. The number of aliphatic hydroxyl groups excluding tert-OH is 1. The number of aliphatic carboxylic acids is 1. The van der Waals surface area contributed by atoms with Crippen LogP contribution in [0.4, 0.5) is 4.79 Å². The number of thiophene rings is 1. The number of aryl methyl sites for hydroxylation is 2. The number of hydrogen-bond donors (Lipinski definition) is 4. The minimum absolute atomic E-state index is 0.336. The number of nitrogens with one attached hydrogen (secondary N) is 2. The smallest absolute Gasteiger partial charge is 0.328 e. The number of hydrogen-bond acceptors (Lipinski definition) is 4. The van der Waals surface area contributed by atoms with Crippen molar-refractivity contribution >= 4 is 23.3 Å². The zero-order valence-electron chi connectivity index (χ0n) is 10.2. The molecule has 100 valence electrons. The van der Waals surface area contributed by atoms with Crippen LogP contribution < -0.4 is 10.6 Å². The molecule has 4 N–H and O–H groups in total. The molecule has 0 bridgehead atoms. The molecule has 0 aliphatic rings. The van der Waals surface area contributed by atoms with Gasteiger partial charge in [0.25, 0.3) is 0 Å². The van der Waals surface area contributed by atoms with Crippen molar-refractivity contribution in [2.45, 2.75) is 26.4 Å². The predicted molar refractivity (Wildman–Crippen MR) is 67.7 cm³/mol. The van der Waals surface area contributed by atoms with E-state index in [1.54, 1.807) is 11.3 Å². The van der Waals surface area contributed by atoms with Crippen LogP contribution >= 0.6 is 11.3 Å². The summed E-state index contributed by atoms with van der Waals surface area (Å²) in [6.07, 6.45) is 0. The summed E-state index contributed by atoms with van der Waals surface area (Å²) in [5.74, 6) is -1.27. The average molecular weight is 272 g/mol. The molecule has 0 aliphatic carbocycles. The molecule has 0 spiro atoms. The van der Waals surface area contributed by atoms with E-state index in [0.29, 0.717) is 6.54 Å². The zero-order chi connectivity index (χ0) is 13.7. The summed E-state index contributed by atoms with van der Waals surface area (Å²) in [5, 5.41) is 22.1. The van der Waals surface area contributed by atoms with Crippen molar-refractivity contribution in [1.29, 1.82) is 0 Å². The molecule has 0 aliphatic heterocycles. The Morgan fingerprint density at radius 2 is 2.11 bits per heavy atom. The fraction of sp³-hybridized carbons (Fsp3) is 0.455. The first kappa shape index (κ1) is 14.5. The SMILES string of the molecule is Cc1cc(CNC(=O)NC(CO)C(=O)O)sc1C. The van der Waals surface area contributed by atoms with Gasteiger partial charge < -0.3 is 20.8 Å². The number of urea groups is 1. The van der Waals surface area contributed by atoms with Gasteiger partial charge in [0.05, 0.1) is 13.2 Å². The lowest BCUT2D eigenvalue weighted by atomic mass is 10.3. The van der Waals surface area contributed by atoms with Crippen LogP contribution in [0.1, 0.15) is 15.3 Å². The monoisotopic (exact) mass is 272 g/mol. The molecular weight excluding hydrogens is 256 g/mol. The van der Waals surface area contributed by atoms with Crippen molar-refractivity contribution in [3.05, 3.63) is 21.4 Å². The van der Waals surface area contributed by atoms with Gasteiger partial charge in [0.2, 0.25) is 0 Å². The molecule has 0 radical (unpaired) electrons. The molecule has 1 atom stereocenters. The Balaban J connectivity index is 2.44. The van der Waals surface area contributed by atoms with Crippen LogP contribution in [-0.2, 0) is 11.3 Å². The number of carboxylic acids is 1. The quantitative estimate of drug-likeness (QED) is 0.631. The molecule has 0 fully saturated rings. The van der Waals surface area contributed by atoms with Crippen LogP contribution in [-0.4, -0.2) is 34.9 Å². The van der Waals surface area contributed by atoms with E-state index >= 15 is 0 Å². The topological polar surface area (TPSA) is 98.7 Å². The summed E-state index contributed by atoms with van der Waals surface area (Å²) in [6, 6.07) is 0.0815. The lowest BCUT2D eigenvalue weighted by Gasteiger charge is -2.12. The minimum atomic E-state index is -1.28. The maximum absolute atomic E-state index is 11.4. The molecule has 6 nitrogen and oxygen atoms in total. The van der Waals surface area contributed by atoms with Crippen molar-refractivity contribution in [2.24, 2.45) is 0 Å². The summed E-state index contributed by atoms with van der Waals surface area (Å²) in [6.45, 7) is 3.68. The summed E-state index contributed by atoms with van der Waals surface area (Å²) in [5.41, 5.74) is 1.16. The first-order valence-electron chi connectivity index (χ1n) is 5.38. The molecule has 1 rings (SSSR count). The number of carbonyl (C=O) groups is 2. The normalized spacial score (nSPS) is 11.9. The Hall–Kier alpha value is -1.60. The number of carboxylic acid groups (broad SMARTS) is 1. The van der Waals surface area contributed by atoms with E-state index in [2.05, 4.69) is 10.6 Å². The van der Waals surface area contributed by atoms with Gasteiger partial charge in [-0.15, -0.1) is 11.3 Å². The summed E-state index contributed by atoms with van der Waals surface area (Å²) < 4.78 is 0. The molecular formula is C11H16N2O4S. The maximum atomic E-state index is 11.4. The van der Waals surface area contributed by atoms with Gasteiger partial charge in [-0.25, -0.2) is 9.59 Å². The Morgan fingerprint density at radius 3 is 2.56 bits per heavy atom. The fourth-order valence-electron chi connectivity index (χ4n) is 1.30. The van der Waals surface area contributed by atoms with Crippen molar-refractivity contribution in [3.8, 4) is 0 Å².